The molecule has 23 heavy (non-hydrogen) atoms. The number of hydrogen-bond acceptors (Lipinski definition) is 2. The summed E-state index contributed by atoms with van der Waals surface area (Å²) in [5, 5.41) is 0. The molecule has 3 nitrogen and oxygen atoms in total. The number of benzene rings is 1. The minimum atomic E-state index is -4.33. The van der Waals surface area contributed by atoms with Crippen molar-refractivity contribution in [3.8, 4) is 0 Å². The smallest absolute Gasteiger partial charge is 0.278 e. The summed E-state index contributed by atoms with van der Waals surface area (Å²) in [5.41, 5.74) is -0.826. The molecule has 1 saturated heterocycles. The molecule has 0 saturated carbocycles. The highest BCUT2D eigenvalue weighted by Gasteiger charge is 2.49. The number of carbonyl (C=O) groups excluding carboxylic acids is 2. The number of nitrogens with zero attached hydrogens (tertiary/aromatic N) is 1. The standard InChI is InChI=1S/C17H18F3NO2/c1-2-8-16(9-10-17(18,19)20)11-12-21(15(16)23)14(22)13-6-4-3-5-7-13/h2-7H,1,8-12H2/t16-/m0/s1. The summed E-state index contributed by atoms with van der Waals surface area (Å²) < 4.78 is 37.6. The highest BCUT2D eigenvalue weighted by Crippen LogP contribution is 2.42. The van der Waals surface area contributed by atoms with Gasteiger partial charge in [0.2, 0.25) is 5.91 Å². The number of amides is 2. The topological polar surface area (TPSA) is 37.4 Å². The molecule has 0 spiro atoms. The molecule has 0 bridgehead atoms. The van der Waals surface area contributed by atoms with Gasteiger partial charge in [-0.15, -0.1) is 6.58 Å². The number of imide groups is 1. The lowest BCUT2D eigenvalue weighted by Crippen LogP contribution is -2.38. The van der Waals surface area contributed by atoms with Crippen LogP contribution >= 0.6 is 0 Å². The lowest BCUT2D eigenvalue weighted by atomic mass is 9.78. The van der Waals surface area contributed by atoms with Crippen LogP contribution in [0.3, 0.4) is 0 Å². The normalized spacial score (nSPS) is 21.5. The SMILES string of the molecule is C=CC[C@]1(CCC(F)(F)F)CCN(C(=O)c2ccccc2)C1=O. The second kappa shape index (κ2) is 6.56. The second-order valence-electron chi connectivity index (χ2n) is 5.77. The molecular weight excluding hydrogens is 307 g/mol. The number of allylic oxidation sites excluding steroid dienone is 1. The van der Waals surface area contributed by atoms with Crippen molar-refractivity contribution in [3.63, 3.8) is 0 Å². The second-order valence-corrected chi connectivity index (χ2v) is 5.77. The number of likely N-dealkylation sites (tertiary alicyclic amines) is 1. The van der Waals surface area contributed by atoms with Crippen LogP contribution in [-0.2, 0) is 4.79 Å². The van der Waals surface area contributed by atoms with Crippen molar-refractivity contribution < 1.29 is 22.8 Å². The summed E-state index contributed by atoms with van der Waals surface area (Å²) in [6.07, 6.45) is -3.87. The Balaban J connectivity index is 2.19. The van der Waals surface area contributed by atoms with Gasteiger partial charge in [0.15, 0.2) is 0 Å². The summed E-state index contributed by atoms with van der Waals surface area (Å²) in [7, 11) is 0. The molecule has 6 heteroatoms. The zero-order valence-electron chi connectivity index (χ0n) is 12.6. The number of halogens is 3. The van der Waals surface area contributed by atoms with Gasteiger partial charge in [-0.1, -0.05) is 24.3 Å². The lowest BCUT2D eigenvalue weighted by molar-refractivity contribution is -0.147. The summed E-state index contributed by atoms with van der Waals surface area (Å²) >= 11 is 0. The Morgan fingerprint density at radius 3 is 2.52 bits per heavy atom. The van der Waals surface area contributed by atoms with Gasteiger partial charge >= 0.3 is 6.18 Å². The number of alkyl halides is 3. The van der Waals surface area contributed by atoms with E-state index in [1.807, 2.05) is 0 Å². The van der Waals surface area contributed by atoms with Crippen molar-refractivity contribution in [2.75, 3.05) is 6.54 Å². The molecule has 1 aromatic carbocycles. The van der Waals surface area contributed by atoms with Gasteiger partial charge in [-0.05, 0) is 31.4 Å². The van der Waals surface area contributed by atoms with Crippen molar-refractivity contribution in [3.05, 3.63) is 48.6 Å². The Morgan fingerprint density at radius 1 is 1.30 bits per heavy atom. The molecule has 1 atom stereocenters. The van der Waals surface area contributed by atoms with Crippen LogP contribution in [0.2, 0.25) is 0 Å². The number of carbonyl (C=O) groups is 2. The summed E-state index contributed by atoms with van der Waals surface area (Å²) in [6, 6.07) is 8.26. The summed E-state index contributed by atoms with van der Waals surface area (Å²) in [5.74, 6) is -0.996. The average Bonchev–Trinajstić information content (AvgIpc) is 2.83. The Kier molecular flexibility index (Phi) is 4.92. The van der Waals surface area contributed by atoms with Crippen LogP contribution in [-0.4, -0.2) is 29.4 Å². The summed E-state index contributed by atoms with van der Waals surface area (Å²) in [4.78, 5) is 26.1. The van der Waals surface area contributed by atoms with E-state index in [0.717, 1.165) is 4.90 Å². The maximum atomic E-state index is 12.6. The number of hydrogen-bond donors (Lipinski definition) is 0. The first-order valence-electron chi connectivity index (χ1n) is 7.38. The average molecular weight is 325 g/mol. The molecule has 1 aliphatic rings. The maximum Gasteiger partial charge on any atom is 0.389 e. The van der Waals surface area contributed by atoms with Crippen molar-refractivity contribution in [2.45, 2.75) is 31.9 Å². The van der Waals surface area contributed by atoms with Crippen LogP contribution in [0, 0.1) is 5.41 Å². The van der Waals surface area contributed by atoms with Gasteiger partial charge in [-0.3, -0.25) is 14.5 Å². The fourth-order valence-corrected chi connectivity index (χ4v) is 2.93. The molecule has 0 aliphatic carbocycles. The van der Waals surface area contributed by atoms with Gasteiger partial charge in [0.1, 0.15) is 0 Å². The van der Waals surface area contributed by atoms with E-state index in [9.17, 15) is 22.8 Å². The van der Waals surface area contributed by atoms with Gasteiger partial charge in [-0.2, -0.15) is 13.2 Å². The fraction of sp³-hybridized carbons (Fsp3) is 0.412. The molecule has 1 aliphatic heterocycles. The van der Waals surface area contributed by atoms with Crippen LogP contribution in [0.25, 0.3) is 0 Å². The molecule has 1 heterocycles. The first-order chi connectivity index (χ1) is 10.8. The van der Waals surface area contributed by atoms with E-state index >= 15 is 0 Å². The van der Waals surface area contributed by atoms with E-state index in [4.69, 9.17) is 0 Å². The van der Waals surface area contributed by atoms with Crippen LogP contribution < -0.4 is 0 Å². The maximum absolute atomic E-state index is 12.6. The molecule has 0 unspecified atom stereocenters. The van der Waals surface area contributed by atoms with Crippen molar-refractivity contribution >= 4 is 11.8 Å². The molecule has 1 aromatic rings. The zero-order chi connectivity index (χ0) is 17.1. The molecule has 0 radical (unpaired) electrons. The summed E-state index contributed by atoms with van der Waals surface area (Å²) in [6.45, 7) is 3.68. The van der Waals surface area contributed by atoms with E-state index in [0.29, 0.717) is 5.56 Å². The number of rotatable bonds is 5. The van der Waals surface area contributed by atoms with Gasteiger partial charge in [0.25, 0.3) is 5.91 Å². The minimum Gasteiger partial charge on any atom is -0.278 e. The van der Waals surface area contributed by atoms with Crippen molar-refractivity contribution in [2.24, 2.45) is 5.41 Å². The van der Waals surface area contributed by atoms with E-state index in [1.165, 1.54) is 6.08 Å². The third-order valence-electron chi connectivity index (χ3n) is 4.20. The molecule has 1 fully saturated rings. The highest BCUT2D eigenvalue weighted by molar-refractivity contribution is 6.07. The van der Waals surface area contributed by atoms with Crippen LogP contribution in [0.1, 0.15) is 36.0 Å². The third-order valence-corrected chi connectivity index (χ3v) is 4.20. The minimum absolute atomic E-state index is 0.137. The van der Waals surface area contributed by atoms with E-state index < -0.39 is 29.8 Å². The molecular formula is C17H18F3NO2. The quantitative estimate of drug-likeness (QED) is 0.607. The first kappa shape index (κ1) is 17.2. The Bertz CT molecular complexity index is 598. The zero-order valence-corrected chi connectivity index (χ0v) is 12.6. The van der Waals surface area contributed by atoms with Crippen molar-refractivity contribution in [1.29, 1.82) is 0 Å². The predicted octanol–water partition coefficient (Wildman–Crippen LogP) is 3.96. The monoisotopic (exact) mass is 325 g/mol. The van der Waals surface area contributed by atoms with Crippen LogP contribution in [0.15, 0.2) is 43.0 Å². The van der Waals surface area contributed by atoms with Crippen LogP contribution in [0.5, 0.6) is 0 Å². The van der Waals surface area contributed by atoms with Crippen LogP contribution in [0.4, 0.5) is 13.2 Å². The predicted molar refractivity (Wildman–Crippen MR) is 79.6 cm³/mol. The molecule has 124 valence electrons. The molecule has 2 amide bonds. The highest BCUT2D eigenvalue weighted by atomic mass is 19.4. The van der Waals surface area contributed by atoms with Gasteiger partial charge < -0.3 is 0 Å². The molecule has 0 N–H and O–H groups in total. The van der Waals surface area contributed by atoms with Gasteiger partial charge in [0, 0.05) is 18.5 Å². The largest absolute Gasteiger partial charge is 0.389 e. The van der Waals surface area contributed by atoms with Gasteiger partial charge in [0.05, 0.1) is 5.41 Å². The Hall–Kier alpha value is -2.11. The van der Waals surface area contributed by atoms with E-state index in [2.05, 4.69) is 6.58 Å². The van der Waals surface area contributed by atoms with Gasteiger partial charge in [-0.25, -0.2) is 0 Å². The van der Waals surface area contributed by atoms with E-state index in [-0.39, 0.29) is 25.8 Å². The fourth-order valence-electron chi connectivity index (χ4n) is 2.93. The molecule has 2 rings (SSSR count). The first-order valence-corrected chi connectivity index (χ1v) is 7.38. The molecule has 0 aromatic heterocycles. The Morgan fingerprint density at radius 2 is 1.96 bits per heavy atom. The third kappa shape index (κ3) is 3.81. The lowest BCUT2D eigenvalue weighted by Gasteiger charge is -2.26. The van der Waals surface area contributed by atoms with E-state index in [1.54, 1.807) is 30.3 Å². The Labute approximate surface area is 132 Å². The van der Waals surface area contributed by atoms with Crippen molar-refractivity contribution in [1.82, 2.24) is 4.90 Å².